The van der Waals surface area contributed by atoms with E-state index in [2.05, 4.69) is 17.1 Å². The fraction of sp³-hybridized carbons (Fsp3) is 0.909. The molecule has 1 aliphatic heterocycles. The van der Waals surface area contributed by atoms with Crippen LogP contribution in [0.2, 0.25) is 0 Å². The lowest BCUT2D eigenvalue weighted by molar-refractivity contribution is -0.119. The zero-order chi connectivity index (χ0) is 11.1. The second-order valence-corrected chi connectivity index (χ2v) is 4.29. The van der Waals surface area contributed by atoms with Crippen molar-refractivity contribution < 1.29 is 4.79 Å². The van der Waals surface area contributed by atoms with Gasteiger partial charge in [-0.3, -0.25) is 4.79 Å². The Morgan fingerprint density at radius 1 is 1.47 bits per heavy atom. The van der Waals surface area contributed by atoms with Gasteiger partial charge in [0.1, 0.15) is 0 Å². The molecule has 0 spiro atoms. The van der Waals surface area contributed by atoms with Crippen molar-refractivity contribution in [3.63, 3.8) is 0 Å². The molecule has 88 valence electrons. The molecule has 0 unspecified atom stereocenters. The van der Waals surface area contributed by atoms with Crippen LogP contribution in [0.1, 0.15) is 26.2 Å². The van der Waals surface area contributed by atoms with Gasteiger partial charge in [-0.15, -0.1) is 0 Å². The van der Waals surface area contributed by atoms with E-state index in [0.29, 0.717) is 5.92 Å². The lowest BCUT2D eigenvalue weighted by Crippen LogP contribution is -2.40. The highest BCUT2D eigenvalue weighted by Gasteiger charge is 2.18. The van der Waals surface area contributed by atoms with Crippen LogP contribution in [-0.2, 0) is 4.79 Å². The Morgan fingerprint density at radius 2 is 2.13 bits per heavy atom. The van der Waals surface area contributed by atoms with Crippen LogP contribution in [0.25, 0.3) is 0 Å². The van der Waals surface area contributed by atoms with Crippen molar-refractivity contribution in [3.8, 4) is 0 Å². The number of nitrogens with zero attached hydrogens (tertiary/aromatic N) is 1. The van der Waals surface area contributed by atoms with Gasteiger partial charge < -0.3 is 16.0 Å². The Bertz CT molecular complexity index is 188. The molecule has 4 heteroatoms. The van der Waals surface area contributed by atoms with E-state index in [4.69, 9.17) is 5.73 Å². The molecule has 0 radical (unpaired) electrons. The molecule has 0 aromatic carbocycles. The Hall–Kier alpha value is -0.610. The largest absolute Gasteiger partial charge is 0.355 e. The lowest BCUT2D eigenvalue weighted by atomic mass is 9.96. The van der Waals surface area contributed by atoms with Crippen molar-refractivity contribution in [2.75, 3.05) is 32.7 Å². The lowest BCUT2D eigenvalue weighted by Gasteiger charge is -2.31. The van der Waals surface area contributed by atoms with E-state index in [1.807, 2.05) is 0 Å². The molecular formula is C11H23N3O. The molecule has 0 aromatic rings. The van der Waals surface area contributed by atoms with Crippen molar-refractivity contribution in [3.05, 3.63) is 0 Å². The van der Waals surface area contributed by atoms with Crippen LogP contribution in [0.15, 0.2) is 0 Å². The van der Waals surface area contributed by atoms with Crippen LogP contribution >= 0.6 is 0 Å². The fourth-order valence-electron chi connectivity index (χ4n) is 2.06. The third kappa shape index (κ3) is 4.62. The van der Waals surface area contributed by atoms with Crippen LogP contribution < -0.4 is 11.1 Å². The van der Waals surface area contributed by atoms with Gasteiger partial charge in [0.2, 0.25) is 5.91 Å². The van der Waals surface area contributed by atoms with E-state index in [1.54, 1.807) is 0 Å². The number of nitrogens with one attached hydrogen (secondary N) is 1. The van der Waals surface area contributed by atoms with Crippen molar-refractivity contribution in [2.24, 2.45) is 11.7 Å². The first kappa shape index (κ1) is 12.5. The molecule has 0 aliphatic carbocycles. The zero-order valence-corrected chi connectivity index (χ0v) is 9.67. The number of piperidine rings is 1. The summed E-state index contributed by atoms with van der Waals surface area (Å²) < 4.78 is 0. The summed E-state index contributed by atoms with van der Waals surface area (Å²) in [5, 5.41) is 2.87. The molecule has 15 heavy (non-hydrogen) atoms. The van der Waals surface area contributed by atoms with E-state index < -0.39 is 0 Å². The first-order valence-corrected chi connectivity index (χ1v) is 5.95. The molecule has 0 bridgehead atoms. The van der Waals surface area contributed by atoms with E-state index in [1.165, 1.54) is 38.9 Å². The molecular weight excluding hydrogens is 190 g/mol. The molecule has 0 aromatic heterocycles. The summed E-state index contributed by atoms with van der Waals surface area (Å²) in [6, 6.07) is 0. The summed E-state index contributed by atoms with van der Waals surface area (Å²) in [6.07, 6.45) is 3.63. The number of carbonyl (C=O) groups excluding carboxylic acids is 1. The number of rotatable bonds is 5. The summed E-state index contributed by atoms with van der Waals surface area (Å²) in [5.41, 5.74) is 5.23. The smallest absolute Gasteiger partial charge is 0.233 e. The third-order valence-electron chi connectivity index (χ3n) is 3.02. The highest BCUT2D eigenvalue weighted by atomic mass is 16.1. The maximum absolute atomic E-state index is 11.0. The van der Waals surface area contributed by atoms with Crippen LogP contribution in [0.4, 0.5) is 0 Å². The first-order chi connectivity index (χ1) is 7.26. The zero-order valence-electron chi connectivity index (χ0n) is 9.67. The number of likely N-dealkylation sites (tertiary alicyclic amines) is 1. The van der Waals surface area contributed by atoms with Gasteiger partial charge in [-0.1, -0.05) is 6.92 Å². The quantitative estimate of drug-likeness (QED) is 0.685. The number of nitrogens with two attached hydrogens (primary N) is 1. The number of amides is 1. The molecule has 0 atom stereocenters. The Kier molecular flexibility index (Phi) is 5.65. The van der Waals surface area contributed by atoms with Crippen molar-refractivity contribution in [1.29, 1.82) is 0 Å². The van der Waals surface area contributed by atoms with E-state index in [0.717, 1.165) is 6.54 Å². The second-order valence-electron chi connectivity index (χ2n) is 4.29. The topological polar surface area (TPSA) is 58.4 Å². The summed E-state index contributed by atoms with van der Waals surface area (Å²) in [4.78, 5) is 13.5. The van der Waals surface area contributed by atoms with Crippen LogP contribution in [-0.4, -0.2) is 43.5 Å². The molecule has 0 saturated carbocycles. The van der Waals surface area contributed by atoms with Crippen molar-refractivity contribution in [1.82, 2.24) is 10.2 Å². The van der Waals surface area contributed by atoms with E-state index in [9.17, 15) is 4.79 Å². The molecule has 4 nitrogen and oxygen atoms in total. The molecule has 1 aliphatic rings. The minimum absolute atomic E-state index is 0.0361. The maximum atomic E-state index is 11.0. The fourth-order valence-corrected chi connectivity index (χ4v) is 2.06. The average Bonchev–Trinajstić information content (AvgIpc) is 2.28. The second kappa shape index (κ2) is 6.80. The molecule has 1 amide bonds. The van der Waals surface area contributed by atoms with Gasteiger partial charge in [0.05, 0.1) is 6.54 Å². The predicted octanol–water partition coefficient (Wildman–Crippen LogP) is 0.183. The van der Waals surface area contributed by atoms with Gasteiger partial charge in [0.15, 0.2) is 0 Å². The van der Waals surface area contributed by atoms with Crippen LogP contribution in [0.3, 0.4) is 0 Å². The Morgan fingerprint density at radius 3 is 2.67 bits per heavy atom. The minimum atomic E-state index is -0.0361. The minimum Gasteiger partial charge on any atom is -0.355 e. The van der Waals surface area contributed by atoms with Crippen molar-refractivity contribution in [2.45, 2.75) is 26.2 Å². The maximum Gasteiger partial charge on any atom is 0.233 e. The number of hydrogen-bond donors (Lipinski definition) is 2. The van der Waals surface area contributed by atoms with Gasteiger partial charge in [-0.05, 0) is 44.8 Å². The van der Waals surface area contributed by atoms with E-state index >= 15 is 0 Å². The van der Waals surface area contributed by atoms with E-state index in [-0.39, 0.29) is 12.5 Å². The third-order valence-corrected chi connectivity index (χ3v) is 3.02. The summed E-state index contributed by atoms with van der Waals surface area (Å²) >= 11 is 0. The monoisotopic (exact) mass is 213 g/mol. The average molecular weight is 213 g/mol. The molecule has 1 heterocycles. The first-order valence-electron chi connectivity index (χ1n) is 5.95. The van der Waals surface area contributed by atoms with Gasteiger partial charge >= 0.3 is 0 Å². The van der Waals surface area contributed by atoms with Gasteiger partial charge in [-0.25, -0.2) is 0 Å². The predicted molar refractivity (Wildman–Crippen MR) is 61.5 cm³/mol. The SMILES string of the molecule is CCCN1CCC(CNC(=O)CN)CC1. The van der Waals surface area contributed by atoms with Crippen molar-refractivity contribution >= 4 is 5.91 Å². The Balaban J connectivity index is 2.12. The van der Waals surface area contributed by atoms with Gasteiger partial charge in [0, 0.05) is 6.54 Å². The molecule has 3 N–H and O–H groups in total. The standard InChI is InChI=1S/C11H23N3O/c1-2-5-14-6-3-10(4-7-14)9-13-11(15)8-12/h10H,2-9,12H2,1H3,(H,13,15). The summed E-state index contributed by atoms with van der Waals surface area (Å²) in [7, 11) is 0. The molecule has 1 fully saturated rings. The Labute approximate surface area is 92.2 Å². The number of carbonyl (C=O) groups is 1. The summed E-state index contributed by atoms with van der Waals surface area (Å²) in [6.45, 7) is 6.69. The normalized spacial score (nSPS) is 19.1. The van der Waals surface area contributed by atoms with Gasteiger partial charge in [0.25, 0.3) is 0 Å². The number of hydrogen-bond acceptors (Lipinski definition) is 3. The van der Waals surface area contributed by atoms with Gasteiger partial charge in [-0.2, -0.15) is 0 Å². The highest BCUT2D eigenvalue weighted by molar-refractivity contribution is 5.77. The van der Waals surface area contributed by atoms with Crippen LogP contribution in [0.5, 0.6) is 0 Å². The highest BCUT2D eigenvalue weighted by Crippen LogP contribution is 2.16. The van der Waals surface area contributed by atoms with Crippen LogP contribution in [0, 0.1) is 5.92 Å². The molecule has 1 saturated heterocycles. The molecule has 1 rings (SSSR count). The summed E-state index contributed by atoms with van der Waals surface area (Å²) in [5.74, 6) is 0.611.